The Labute approximate surface area is 173 Å². The van der Waals surface area contributed by atoms with Crippen LogP contribution in [0.2, 0.25) is 0 Å². The first-order valence-corrected chi connectivity index (χ1v) is 12.9. The average Bonchev–Trinajstić information content (AvgIpc) is 3.14. The van der Waals surface area contributed by atoms with Gasteiger partial charge in [-0.1, -0.05) is 0 Å². The van der Waals surface area contributed by atoms with Crippen LogP contribution in [0.15, 0.2) is 17.1 Å². The van der Waals surface area contributed by atoms with Crippen molar-refractivity contribution in [3.8, 4) is 0 Å². The lowest BCUT2D eigenvalue weighted by atomic mass is 10.1. The predicted octanol–water partition coefficient (Wildman–Crippen LogP) is 0.502. The third kappa shape index (κ3) is 5.89. The highest BCUT2D eigenvalue weighted by Gasteiger charge is 2.43. The molecule has 1 aliphatic rings. The molecule has 2 aromatic rings. The van der Waals surface area contributed by atoms with Crippen molar-refractivity contribution in [3.63, 3.8) is 0 Å². The van der Waals surface area contributed by atoms with E-state index in [0.29, 0.717) is 12.8 Å². The number of fused-ring (bicyclic) bond motifs is 1. The molecular formula is C12H19N4O12P3. The summed E-state index contributed by atoms with van der Waals surface area (Å²) in [5.41, 5.74) is 4.38. The van der Waals surface area contributed by atoms with Gasteiger partial charge in [0, 0.05) is 6.20 Å². The minimum Gasteiger partial charge on any atom is -0.369 e. The highest BCUT2D eigenvalue weighted by molar-refractivity contribution is 7.66. The van der Waals surface area contributed by atoms with Crippen LogP contribution in [0.1, 0.15) is 19.8 Å². The van der Waals surface area contributed by atoms with Crippen molar-refractivity contribution in [1.82, 2.24) is 14.5 Å². The first kappa shape index (κ1) is 24.2. The zero-order chi connectivity index (χ0) is 23.2. The van der Waals surface area contributed by atoms with E-state index >= 15 is 0 Å². The molecule has 3 rings (SSSR count). The molecule has 1 aliphatic heterocycles. The van der Waals surface area contributed by atoms with Crippen molar-refractivity contribution in [2.75, 3.05) is 12.3 Å². The summed E-state index contributed by atoms with van der Waals surface area (Å²) in [6.45, 7) is 1.10. The van der Waals surface area contributed by atoms with E-state index in [0.717, 1.165) is 0 Å². The third-order valence-electron chi connectivity index (χ3n) is 4.27. The van der Waals surface area contributed by atoms with Crippen LogP contribution in [0.5, 0.6) is 0 Å². The number of aromatic amines is 1. The van der Waals surface area contributed by atoms with Gasteiger partial charge in [0.25, 0.3) is 5.56 Å². The van der Waals surface area contributed by atoms with E-state index in [1.165, 1.54) is 6.07 Å². The van der Waals surface area contributed by atoms with Gasteiger partial charge in [-0.15, -0.1) is 0 Å². The Morgan fingerprint density at radius 3 is 2.61 bits per heavy atom. The number of anilines is 1. The van der Waals surface area contributed by atoms with Gasteiger partial charge in [-0.05, 0) is 25.8 Å². The molecular weight excluding hydrogens is 485 g/mol. The van der Waals surface area contributed by atoms with E-state index in [1.807, 2.05) is 0 Å². The molecule has 7 N–H and O–H groups in total. The molecule has 4 atom stereocenters. The number of nitrogen functional groups attached to an aromatic ring is 1. The zero-order valence-corrected chi connectivity index (χ0v) is 18.4. The largest absolute Gasteiger partial charge is 0.490 e. The number of hydrogen-bond donors (Lipinski definition) is 6. The Morgan fingerprint density at radius 1 is 1.29 bits per heavy atom. The number of nitrogens with two attached hydrogens (primary N) is 1. The highest BCUT2D eigenvalue weighted by atomic mass is 31.3. The molecule has 3 unspecified atom stereocenters. The molecule has 0 spiro atoms. The zero-order valence-electron chi connectivity index (χ0n) is 15.7. The van der Waals surface area contributed by atoms with Gasteiger partial charge in [0.05, 0.1) is 18.1 Å². The van der Waals surface area contributed by atoms with E-state index in [-0.39, 0.29) is 17.0 Å². The van der Waals surface area contributed by atoms with Crippen molar-refractivity contribution in [1.29, 1.82) is 0 Å². The second-order valence-electron chi connectivity index (χ2n) is 6.71. The maximum absolute atomic E-state index is 12.0. The molecule has 174 valence electrons. The first-order chi connectivity index (χ1) is 14.1. The van der Waals surface area contributed by atoms with Crippen LogP contribution in [0, 0.1) is 0 Å². The third-order valence-corrected chi connectivity index (χ3v) is 8.07. The average molecular weight is 504 g/mol. The number of H-pyrrole nitrogens is 1. The van der Waals surface area contributed by atoms with Gasteiger partial charge < -0.3 is 34.6 Å². The molecule has 19 heteroatoms. The van der Waals surface area contributed by atoms with Gasteiger partial charge in [0.1, 0.15) is 5.72 Å². The molecule has 0 amide bonds. The lowest BCUT2D eigenvalue weighted by Gasteiger charge is -2.27. The van der Waals surface area contributed by atoms with Gasteiger partial charge in [-0.2, -0.15) is 13.6 Å². The number of ether oxygens (including phenoxy) is 1. The number of aromatic nitrogens is 3. The van der Waals surface area contributed by atoms with Crippen LogP contribution in [0.25, 0.3) is 11.0 Å². The van der Waals surface area contributed by atoms with E-state index in [2.05, 4.69) is 23.1 Å². The van der Waals surface area contributed by atoms with E-state index < -0.39 is 47.5 Å². The summed E-state index contributed by atoms with van der Waals surface area (Å²) in [5, 5.41) is 0.274. The van der Waals surface area contributed by atoms with Crippen LogP contribution < -0.4 is 11.3 Å². The number of phosphoric ester groups is 1. The Kier molecular flexibility index (Phi) is 6.39. The lowest BCUT2D eigenvalue weighted by molar-refractivity contribution is -0.0942. The molecule has 0 aromatic carbocycles. The minimum absolute atomic E-state index is 0.0942. The van der Waals surface area contributed by atoms with Crippen molar-refractivity contribution < 1.29 is 51.2 Å². The Hall–Kier alpha value is -1.41. The number of rotatable bonds is 8. The van der Waals surface area contributed by atoms with Crippen molar-refractivity contribution >= 4 is 40.4 Å². The fraction of sp³-hybridized carbons (Fsp3) is 0.500. The molecule has 31 heavy (non-hydrogen) atoms. The Balaban J connectivity index is 1.68. The summed E-state index contributed by atoms with van der Waals surface area (Å²) < 4.78 is 53.1. The van der Waals surface area contributed by atoms with Crippen LogP contribution in [-0.2, 0) is 37.3 Å². The summed E-state index contributed by atoms with van der Waals surface area (Å²) in [6, 6.07) is 1.52. The molecule has 16 nitrogen and oxygen atoms in total. The summed E-state index contributed by atoms with van der Waals surface area (Å²) in [5.74, 6) is -0.0942. The molecule has 0 bridgehead atoms. The van der Waals surface area contributed by atoms with Crippen molar-refractivity contribution in [2.45, 2.75) is 31.6 Å². The Bertz CT molecular complexity index is 1190. The van der Waals surface area contributed by atoms with Crippen LogP contribution >= 0.6 is 23.5 Å². The monoisotopic (exact) mass is 504 g/mol. The summed E-state index contributed by atoms with van der Waals surface area (Å²) >= 11 is 0. The molecule has 2 aromatic heterocycles. The second-order valence-corrected chi connectivity index (χ2v) is 11.1. The summed E-state index contributed by atoms with van der Waals surface area (Å²) in [7, 11) is -16.3. The molecule has 1 saturated heterocycles. The van der Waals surface area contributed by atoms with Gasteiger partial charge >= 0.3 is 23.5 Å². The second kappa shape index (κ2) is 8.18. The van der Waals surface area contributed by atoms with Gasteiger partial charge in [0.15, 0.2) is 5.65 Å². The van der Waals surface area contributed by atoms with Crippen LogP contribution in [-0.4, -0.2) is 46.8 Å². The standard InChI is InChI=1S/C12H19N4O12P3/c1-12(16-5-3-8-9(16)14-11(13)15-10(8)17)4-2-7(26-12)6-25-30(21,22)28-31(23,24)27-29(18,19)20/h3,5,7H,2,4,6H2,1H3,(H,21,22)(H,23,24)(H2,18,19,20)(H3,13,14,15,17)/t7-,12?/m0/s1. The predicted molar refractivity (Wildman–Crippen MR) is 102 cm³/mol. The first-order valence-electron chi connectivity index (χ1n) is 8.43. The quantitative estimate of drug-likeness (QED) is 0.268. The smallest absolute Gasteiger partial charge is 0.369 e. The number of nitrogens with one attached hydrogen (secondary N) is 1. The van der Waals surface area contributed by atoms with Crippen LogP contribution in [0.3, 0.4) is 0 Å². The maximum atomic E-state index is 12.0. The van der Waals surface area contributed by atoms with E-state index in [4.69, 9.17) is 25.2 Å². The number of nitrogens with zero attached hydrogens (tertiary/aromatic N) is 2. The van der Waals surface area contributed by atoms with Gasteiger partial charge in [-0.3, -0.25) is 14.3 Å². The van der Waals surface area contributed by atoms with E-state index in [1.54, 1.807) is 17.7 Å². The molecule has 3 heterocycles. The highest BCUT2D eigenvalue weighted by Crippen LogP contribution is 2.66. The summed E-state index contributed by atoms with van der Waals surface area (Å²) in [4.78, 5) is 54.2. The van der Waals surface area contributed by atoms with Crippen LogP contribution in [0.4, 0.5) is 5.95 Å². The number of phosphoric acid groups is 3. The minimum atomic E-state index is -5.60. The number of hydrogen-bond acceptors (Lipinski definition) is 10. The molecule has 0 radical (unpaired) electrons. The summed E-state index contributed by atoms with van der Waals surface area (Å²) in [6.07, 6.45) is 1.46. The molecule has 0 aliphatic carbocycles. The molecule has 1 fully saturated rings. The Morgan fingerprint density at radius 2 is 1.97 bits per heavy atom. The maximum Gasteiger partial charge on any atom is 0.490 e. The lowest BCUT2D eigenvalue weighted by Crippen LogP contribution is -2.31. The normalized spacial score (nSPS) is 26.0. The molecule has 0 saturated carbocycles. The van der Waals surface area contributed by atoms with Gasteiger partial charge in [0.2, 0.25) is 5.95 Å². The fourth-order valence-electron chi connectivity index (χ4n) is 3.10. The topological polar surface area (TPSA) is 246 Å². The van der Waals surface area contributed by atoms with Gasteiger partial charge in [-0.25, -0.2) is 13.7 Å². The van der Waals surface area contributed by atoms with Crippen molar-refractivity contribution in [3.05, 3.63) is 22.6 Å². The van der Waals surface area contributed by atoms with Crippen molar-refractivity contribution in [2.24, 2.45) is 0 Å². The van der Waals surface area contributed by atoms with E-state index in [9.17, 15) is 23.4 Å². The SMILES string of the molecule is CC1(n2ccc3c(=O)[nH]c(N)nc32)CC[C@@H](COP(=O)(O)OP(=O)(O)OP(=O)(O)O)O1. The fourth-order valence-corrected chi connectivity index (χ4v) is 6.15.